The zero-order valence-corrected chi connectivity index (χ0v) is 23.6. The fourth-order valence-corrected chi connectivity index (χ4v) is 5.50. The molecule has 0 unspecified atom stereocenters. The van der Waals surface area contributed by atoms with Crippen molar-refractivity contribution < 1.29 is 13.2 Å². The van der Waals surface area contributed by atoms with E-state index in [1.807, 2.05) is 13.8 Å². The SMILES string of the molecule is COc1ncnc(C2CC2)c1-c1nc(C)c2nc(NCc3ccc(S(C)(=O)=O)cn3)c(=O)n([C@H](C)C3CC3)c2n1. The van der Waals surface area contributed by atoms with Gasteiger partial charge in [0.25, 0.3) is 5.56 Å². The van der Waals surface area contributed by atoms with Crippen LogP contribution in [0.5, 0.6) is 5.88 Å². The van der Waals surface area contributed by atoms with E-state index >= 15 is 0 Å². The van der Waals surface area contributed by atoms with Crippen LogP contribution in [0.4, 0.5) is 5.82 Å². The monoisotopic (exact) mass is 562 g/mol. The molecule has 2 fully saturated rings. The van der Waals surface area contributed by atoms with Gasteiger partial charge in [-0.2, -0.15) is 0 Å². The molecular weight excluding hydrogens is 532 g/mol. The normalized spacial score (nSPS) is 16.2. The molecule has 6 rings (SSSR count). The molecule has 0 spiro atoms. The van der Waals surface area contributed by atoms with Gasteiger partial charge in [0.15, 0.2) is 27.1 Å². The smallest absolute Gasteiger partial charge is 0.295 e. The fourth-order valence-electron chi connectivity index (χ4n) is 4.94. The number of ether oxygens (including phenoxy) is 1. The third-order valence-electron chi connectivity index (χ3n) is 7.51. The van der Waals surface area contributed by atoms with E-state index in [0.717, 1.165) is 37.6 Å². The highest BCUT2D eigenvalue weighted by Crippen LogP contribution is 2.45. The highest BCUT2D eigenvalue weighted by atomic mass is 32.2. The van der Waals surface area contributed by atoms with Crippen LogP contribution in [0.3, 0.4) is 0 Å². The van der Waals surface area contributed by atoms with Crippen LogP contribution in [0.15, 0.2) is 34.3 Å². The Bertz CT molecular complexity index is 1780. The largest absolute Gasteiger partial charge is 0.480 e. The number of methoxy groups -OCH3 is 1. The lowest BCUT2D eigenvalue weighted by atomic mass is 10.1. The molecule has 40 heavy (non-hydrogen) atoms. The molecule has 4 aromatic heterocycles. The van der Waals surface area contributed by atoms with Gasteiger partial charge >= 0.3 is 0 Å². The minimum Gasteiger partial charge on any atom is -0.480 e. The first-order chi connectivity index (χ1) is 19.2. The lowest BCUT2D eigenvalue weighted by Gasteiger charge is -2.20. The number of hydrogen-bond acceptors (Lipinski definition) is 11. The molecule has 0 bridgehead atoms. The summed E-state index contributed by atoms with van der Waals surface area (Å²) >= 11 is 0. The van der Waals surface area contributed by atoms with E-state index in [9.17, 15) is 13.2 Å². The van der Waals surface area contributed by atoms with Crippen molar-refractivity contribution in [2.45, 2.75) is 62.9 Å². The number of aryl methyl sites for hydroxylation is 1. The van der Waals surface area contributed by atoms with Crippen molar-refractivity contribution in [3.8, 4) is 17.3 Å². The summed E-state index contributed by atoms with van der Waals surface area (Å²) in [5.41, 5.74) is 3.38. The number of rotatable bonds is 9. The van der Waals surface area contributed by atoms with Gasteiger partial charge in [-0.05, 0) is 57.6 Å². The number of sulfone groups is 1. The number of aromatic nitrogens is 7. The number of anilines is 1. The van der Waals surface area contributed by atoms with Crippen molar-refractivity contribution in [2.24, 2.45) is 5.92 Å². The fraction of sp³-hybridized carbons (Fsp3) is 0.444. The lowest BCUT2D eigenvalue weighted by molar-refractivity contribution is 0.397. The molecule has 2 saturated carbocycles. The molecule has 0 aliphatic heterocycles. The maximum absolute atomic E-state index is 13.9. The molecule has 2 aliphatic rings. The van der Waals surface area contributed by atoms with Crippen LogP contribution in [-0.2, 0) is 16.4 Å². The van der Waals surface area contributed by atoms with Gasteiger partial charge in [0.05, 0.1) is 35.6 Å². The molecular formula is C27H30N8O4S. The van der Waals surface area contributed by atoms with Gasteiger partial charge in [-0.1, -0.05) is 0 Å². The van der Waals surface area contributed by atoms with Gasteiger partial charge in [-0.3, -0.25) is 14.3 Å². The minimum atomic E-state index is -3.35. The Balaban J connectivity index is 1.45. The van der Waals surface area contributed by atoms with E-state index in [2.05, 4.69) is 25.3 Å². The first kappa shape index (κ1) is 26.2. The van der Waals surface area contributed by atoms with Gasteiger partial charge < -0.3 is 10.1 Å². The number of nitrogens with zero attached hydrogens (tertiary/aromatic N) is 7. The van der Waals surface area contributed by atoms with Crippen molar-refractivity contribution >= 4 is 26.8 Å². The van der Waals surface area contributed by atoms with Crippen molar-refractivity contribution in [1.29, 1.82) is 0 Å². The van der Waals surface area contributed by atoms with E-state index in [1.54, 1.807) is 17.7 Å². The summed E-state index contributed by atoms with van der Waals surface area (Å²) in [5, 5.41) is 3.11. The number of nitrogens with one attached hydrogen (secondary N) is 1. The van der Waals surface area contributed by atoms with Crippen LogP contribution in [0.1, 0.15) is 61.6 Å². The van der Waals surface area contributed by atoms with Crippen molar-refractivity contribution in [3.05, 3.63) is 52.1 Å². The number of pyridine rings is 1. The quantitative estimate of drug-likeness (QED) is 0.320. The second-order valence-electron chi connectivity index (χ2n) is 10.5. The molecule has 2 aliphatic carbocycles. The summed E-state index contributed by atoms with van der Waals surface area (Å²) in [7, 11) is -1.79. The van der Waals surface area contributed by atoms with Crippen LogP contribution in [0.25, 0.3) is 22.6 Å². The summed E-state index contributed by atoms with van der Waals surface area (Å²) < 4.78 is 30.8. The van der Waals surface area contributed by atoms with Gasteiger partial charge in [-0.25, -0.2) is 33.3 Å². The first-order valence-electron chi connectivity index (χ1n) is 13.2. The van der Waals surface area contributed by atoms with Gasteiger partial charge in [-0.15, -0.1) is 0 Å². The topological polar surface area (TPSA) is 155 Å². The number of hydrogen-bond donors (Lipinski definition) is 1. The molecule has 0 radical (unpaired) electrons. The highest BCUT2D eigenvalue weighted by molar-refractivity contribution is 7.90. The van der Waals surface area contributed by atoms with Crippen LogP contribution in [0.2, 0.25) is 0 Å². The molecule has 208 valence electrons. The van der Waals surface area contributed by atoms with E-state index in [0.29, 0.717) is 51.7 Å². The molecule has 1 N–H and O–H groups in total. The van der Waals surface area contributed by atoms with Gasteiger partial charge in [0, 0.05) is 24.4 Å². The summed E-state index contributed by atoms with van der Waals surface area (Å²) in [6.45, 7) is 4.07. The molecule has 4 heterocycles. The van der Waals surface area contributed by atoms with E-state index in [4.69, 9.17) is 14.7 Å². The average Bonchev–Trinajstić information content (AvgIpc) is 3.84. The molecule has 1 atom stereocenters. The zero-order valence-electron chi connectivity index (χ0n) is 22.7. The zero-order chi connectivity index (χ0) is 28.2. The molecule has 0 saturated heterocycles. The maximum Gasteiger partial charge on any atom is 0.295 e. The maximum atomic E-state index is 13.9. The standard InChI is InChI=1S/C27H30N8O4S/c1-14-21-25(34-23(32-14)20-22(17-7-8-17)30-13-31-26(20)39-3)35(15(2)16-5-6-16)27(36)24(33-21)29-11-18-9-10-19(12-28-18)40(4,37)38/h9-10,12-13,15-17H,5-8,11H2,1-4H3,(H,29,33)/t15-/m1/s1. The van der Waals surface area contributed by atoms with E-state index < -0.39 is 9.84 Å². The Hall–Kier alpha value is -4.00. The van der Waals surface area contributed by atoms with Gasteiger partial charge in [0.2, 0.25) is 5.88 Å². The van der Waals surface area contributed by atoms with E-state index in [1.165, 1.54) is 18.6 Å². The molecule has 4 aromatic rings. The van der Waals surface area contributed by atoms with E-state index in [-0.39, 0.29) is 28.9 Å². The third kappa shape index (κ3) is 4.89. The third-order valence-corrected chi connectivity index (χ3v) is 8.61. The van der Waals surface area contributed by atoms with Crippen molar-refractivity contribution in [1.82, 2.24) is 34.5 Å². The average molecular weight is 563 g/mol. The van der Waals surface area contributed by atoms with Crippen molar-refractivity contribution in [2.75, 3.05) is 18.7 Å². The predicted octanol–water partition coefficient (Wildman–Crippen LogP) is 3.22. The predicted molar refractivity (Wildman–Crippen MR) is 148 cm³/mol. The highest BCUT2D eigenvalue weighted by Gasteiger charge is 2.34. The van der Waals surface area contributed by atoms with Crippen LogP contribution < -0.4 is 15.6 Å². The summed E-state index contributed by atoms with van der Waals surface area (Å²) in [6, 6.07) is 3.02. The molecule has 0 aromatic carbocycles. The summed E-state index contributed by atoms with van der Waals surface area (Å²) in [6.07, 6.45) is 8.09. The molecule has 0 amide bonds. The molecule has 13 heteroatoms. The second-order valence-corrected chi connectivity index (χ2v) is 12.6. The first-order valence-corrected chi connectivity index (χ1v) is 15.1. The summed E-state index contributed by atoms with van der Waals surface area (Å²) in [5.74, 6) is 1.66. The Morgan fingerprint density at radius 2 is 1.88 bits per heavy atom. The minimum absolute atomic E-state index is 0.0929. The lowest BCUT2D eigenvalue weighted by Crippen LogP contribution is -2.29. The molecule has 12 nitrogen and oxygen atoms in total. The Morgan fingerprint density at radius 1 is 1.10 bits per heavy atom. The van der Waals surface area contributed by atoms with Gasteiger partial charge in [0.1, 0.15) is 17.4 Å². The van der Waals surface area contributed by atoms with Crippen LogP contribution in [0, 0.1) is 12.8 Å². The van der Waals surface area contributed by atoms with Crippen LogP contribution in [-0.4, -0.2) is 56.3 Å². The Labute approximate surface area is 231 Å². The van der Waals surface area contributed by atoms with Crippen molar-refractivity contribution in [3.63, 3.8) is 0 Å². The summed E-state index contributed by atoms with van der Waals surface area (Å²) in [4.78, 5) is 41.4. The Morgan fingerprint density at radius 3 is 2.50 bits per heavy atom. The number of fused-ring (bicyclic) bond motifs is 1. The Kier molecular flexibility index (Phi) is 6.48. The second kappa shape index (κ2) is 9.88. The van der Waals surface area contributed by atoms with Crippen LogP contribution >= 0.6 is 0 Å².